The van der Waals surface area contributed by atoms with Gasteiger partial charge in [-0.1, -0.05) is 42.5 Å². The molecule has 4 aliphatic rings. The number of hydrogen-bond donors (Lipinski definition) is 1. The molecule has 3 aromatic rings. The van der Waals surface area contributed by atoms with Crippen LogP contribution < -0.4 is 18.9 Å². The third-order valence-corrected chi connectivity index (χ3v) is 11.8. The van der Waals surface area contributed by atoms with Crippen LogP contribution >= 0.6 is 0 Å². The van der Waals surface area contributed by atoms with E-state index in [1.165, 1.54) is 40.6 Å². The standard InChI is InChI=1S/C31H35FO9.C24H31FO8/c1-19-14-15-23(32)27(39-29(33)20-10-7-6-8-11-20)28-24(40-31(2,3)41-28)13-9-12-21-16-22(36-5)17-25(37-18-35-4)26(21)30(34)38-19;1-14-9-10-17(25)21(26)22-18(32-24(2,3)33-22)8-6-7-15-11-16(29-5)12-19(30-13-28-4)20(15)23(27)31-14/h6-12,15-17,19,24,27-28H,13-14,18H2,1-5H3;6-7,10-12,14,18,21-22,26H,8-9,13H2,1-5H3/b12-9+,23-15+;7-6+,17-10+/t19?,24-,27?,28?;14?,18-,21?,22?/m00/s1. The topological polar surface area (TPSA) is 191 Å². The molecule has 0 bridgehead atoms. The quantitative estimate of drug-likeness (QED) is 0.115. The monoisotopic (exact) mass is 1040 g/mol. The maximum atomic E-state index is 15.8. The van der Waals surface area contributed by atoms with Crippen LogP contribution in [-0.4, -0.2) is 125 Å². The Bertz CT molecular complexity index is 2540. The van der Waals surface area contributed by atoms with E-state index in [-0.39, 0.29) is 61.0 Å². The highest BCUT2D eigenvalue weighted by atomic mass is 19.1. The highest BCUT2D eigenvalue weighted by Crippen LogP contribution is 2.39. The fraction of sp³-hybridized carbons (Fsp3) is 0.473. The lowest BCUT2D eigenvalue weighted by atomic mass is 10.00. The zero-order chi connectivity index (χ0) is 53.7. The highest BCUT2D eigenvalue weighted by Gasteiger charge is 2.48. The Morgan fingerprint density at radius 1 is 0.649 bits per heavy atom. The molecular formula is C55H66F2O17. The van der Waals surface area contributed by atoms with Crippen molar-refractivity contribution in [2.45, 2.75) is 128 Å². The van der Waals surface area contributed by atoms with E-state index in [2.05, 4.69) is 0 Å². The van der Waals surface area contributed by atoms with Crippen molar-refractivity contribution in [3.63, 3.8) is 0 Å². The number of cyclic esters (lactones) is 2. The summed E-state index contributed by atoms with van der Waals surface area (Å²) >= 11 is 0. The number of aliphatic hydroxyl groups is 1. The van der Waals surface area contributed by atoms with Crippen molar-refractivity contribution >= 4 is 30.1 Å². The summed E-state index contributed by atoms with van der Waals surface area (Å²) in [6, 6.07) is 14.8. The Labute approximate surface area is 429 Å². The fourth-order valence-corrected chi connectivity index (χ4v) is 8.47. The molecule has 2 saturated heterocycles. The number of fused-ring (bicyclic) bond motifs is 4. The van der Waals surface area contributed by atoms with E-state index in [0.717, 1.165) is 0 Å². The summed E-state index contributed by atoms with van der Waals surface area (Å²) in [5.41, 5.74) is 1.62. The number of halogens is 2. The van der Waals surface area contributed by atoms with Gasteiger partial charge in [-0.15, -0.1) is 0 Å². The smallest absolute Gasteiger partial charge is 0.342 e. The van der Waals surface area contributed by atoms with Crippen molar-refractivity contribution in [3.05, 3.63) is 118 Å². The third kappa shape index (κ3) is 15.0. The summed E-state index contributed by atoms with van der Waals surface area (Å²) in [5.74, 6) is -4.16. The molecule has 74 heavy (non-hydrogen) atoms. The molecule has 0 aromatic heterocycles. The van der Waals surface area contributed by atoms with E-state index in [4.69, 9.17) is 61.6 Å². The van der Waals surface area contributed by atoms with Gasteiger partial charge < -0.3 is 66.7 Å². The van der Waals surface area contributed by atoms with Crippen molar-refractivity contribution in [2.75, 3.05) is 42.0 Å². The predicted octanol–water partition coefficient (Wildman–Crippen LogP) is 9.39. The van der Waals surface area contributed by atoms with Crippen LogP contribution in [-0.2, 0) is 42.6 Å². The van der Waals surface area contributed by atoms with E-state index >= 15 is 4.39 Å². The second-order valence-corrected chi connectivity index (χ2v) is 18.6. The van der Waals surface area contributed by atoms with Gasteiger partial charge in [-0.2, -0.15) is 0 Å². The average Bonchev–Trinajstić information content (AvgIpc) is 3.86. The van der Waals surface area contributed by atoms with Crippen LogP contribution in [0.25, 0.3) is 12.2 Å². The maximum absolute atomic E-state index is 15.8. The van der Waals surface area contributed by atoms with E-state index < -0.39 is 90.0 Å². The molecule has 8 atom stereocenters. The fourth-order valence-electron chi connectivity index (χ4n) is 8.47. The summed E-state index contributed by atoms with van der Waals surface area (Å²) in [6.45, 7) is 9.92. The Balaban J connectivity index is 0.000000247. The molecule has 0 spiro atoms. The number of carbonyl (C=O) groups excluding carboxylic acids is 3. The minimum Gasteiger partial charge on any atom is -0.497 e. The first-order valence-corrected chi connectivity index (χ1v) is 24.1. The second kappa shape index (κ2) is 25.8. The van der Waals surface area contributed by atoms with Crippen molar-refractivity contribution < 1.29 is 89.9 Å². The normalized spacial score (nSPS) is 28.0. The Hall–Kier alpha value is -6.19. The van der Waals surface area contributed by atoms with Gasteiger partial charge in [-0.05, 0) is 102 Å². The van der Waals surface area contributed by atoms with Gasteiger partial charge in [-0.3, -0.25) is 0 Å². The number of ether oxygens (including phenoxy) is 13. The average molecular weight is 1040 g/mol. The molecule has 6 unspecified atom stereocenters. The molecule has 4 heterocycles. The van der Waals surface area contributed by atoms with Gasteiger partial charge in [0.25, 0.3) is 0 Å². The number of methoxy groups -OCH3 is 4. The molecule has 0 aliphatic carbocycles. The minimum atomic E-state index is -1.50. The Morgan fingerprint density at radius 3 is 1.58 bits per heavy atom. The molecule has 0 amide bonds. The molecule has 3 aromatic carbocycles. The summed E-state index contributed by atoms with van der Waals surface area (Å²) in [7, 11) is 5.94. The number of aliphatic hydroxyl groups excluding tert-OH is 1. The number of benzene rings is 3. The van der Waals surface area contributed by atoms with Crippen LogP contribution in [0.3, 0.4) is 0 Å². The molecule has 19 heteroatoms. The summed E-state index contributed by atoms with van der Waals surface area (Å²) < 4.78 is 103. The van der Waals surface area contributed by atoms with Crippen molar-refractivity contribution in [3.8, 4) is 23.0 Å². The van der Waals surface area contributed by atoms with Crippen LogP contribution in [0, 0.1) is 0 Å². The first kappa shape index (κ1) is 57.1. The van der Waals surface area contributed by atoms with Gasteiger partial charge >= 0.3 is 17.9 Å². The zero-order valence-electron chi connectivity index (χ0n) is 43.3. The molecule has 0 radical (unpaired) electrons. The number of carbonyl (C=O) groups is 3. The molecule has 0 saturated carbocycles. The van der Waals surface area contributed by atoms with Gasteiger partial charge in [0.05, 0.1) is 32.0 Å². The number of esters is 3. The predicted molar refractivity (Wildman–Crippen MR) is 265 cm³/mol. The number of rotatable bonds is 10. The molecule has 17 nitrogen and oxygen atoms in total. The summed E-state index contributed by atoms with van der Waals surface area (Å²) in [4.78, 5) is 39.4. The van der Waals surface area contributed by atoms with Crippen molar-refractivity contribution in [2.24, 2.45) is 0 Å². The molecule has 402 valence electrons. The Kier molecular flexibility index (Phi) is 19.9. The lowest BCUT2D eigenvalue weighted by Crippen LogP contribution is -2.39. The van der Waals surface area contributed by atoms with E-state index in [1.807, 2.05) is 0 Å². The van der Waals surface area contributed by atoms with Crippen molar-refractivity contribution in [1.29, 1.82) is 0 Å². The minimum absolute atomic E-state index is 0.00812. The lowest BCUT2D eigenvalue weighted by Gasteiger charge is -2.26. The maximum Gasteiger partial charge on any atom is 0.342 e. The van der Waals surface area contributed by atoms with Crippen LogP contribution in [0.5, 0.6) is 23.0 Å². The molecule has 1 N–H and O–H groups in total. The van der Waals surface area contributed by atoms with E-state index in [0.29, 0.717) is 29.0 Å². The largest absolute Gasteiger partial charge is 0.497 e. The van der Waals surface area contributed by atoms with Crippen LogP contribution in [0.4, 0.5) is 8.78 Å². The molecule has 7 rings (SSSR count). The first-order valence-electron chi connectivity index (χ1n) is 24.1. The third-order valence-electron chi connectivity index (χ3n) is 11.8. The number of hydrogen-bond acceptors (Lipinski definition) is 17. The van der Waals surface area contributed by atoms with Crippen LogP contribution in [0.15, 0.2) is 90.6 Å². The van der Waals surface area contributed by atoms with Gasteiger partial charge in [-0.25, -0.2) is 23.2 Å². The lowest BCUT2D eigenvalue weighted by molar-refractivity contribution is -0.154. The van der Waals surface area contributed by atoms with Gasteiger partial charge in [0.2, 0.25) is 0 Å². The van der Waals surface area contributed by atoms with E-state index in [1.54, 1.807) is 120 Å². The van der Waals surface area contributed by atoms with Crippen molar-refractivity contribution in [1.82, 2.24) is 0 Å². The van der Waals surface area contributed by atoms with Crippen LogP contribution in [0.1, 0.15) is 109 Å². The second-order valence-electron chi connectivity index (χ2n) is 18.6. The highest BCUT2D eigenvalue weighted by molar-refractivity contribution is 5.98. The van der Waals surface area contributed by atoms with Gasteiger partial charge in [0.15, 0.2) is 31.3 Å². The van der Waals surface area contributed by atoms with Crippen LogP contribution in [0.2, 0.25) is 0 Å². The first-order chi connectivity index (χ1) is 35.3. The molecular weight excluding hydrogens is 971 g/mol. The zero-order valence-corrected chi connectivity index (χ0v) is 43.3. The van der Waals surface area contributed by atoms with E-state index in [9.17, 15) is 23.9 Å². The molecule has 2 fully saturated rings. The summed E-state index contributed by atoms with van der Waals surface area (Å²) in [5, 5.41) is 10.5. The summed E-state index contributed by atoms with van der Waals surface area (Å²) in [6.07, 6.45) is 2.57. The SMILES string of the molecule is COCOc1cc(OC)cc2c1C(=O)OC(C)C/C=C(/F)C(O)C1OC(C)(C)O[C@H]1C/C=C/2.COCOc1cc(OC)cc2c1C(=O)OC(C)C/C=C(/F)C(OC(=O)c1ccccc1)C1OC(C)(C)O[C@H]1C/C=C/2. The van der Waals surface area contributed by atoms with Gasteiger partial charge in [0, 0.05) is 39.2 Å². The molecule has 4 aliphatic heterocycles. The van der Waals surface area contributed by atoms with Gasteiger partial charge in [0.1, 0.15) is 76.3 Å². The Morgan fingerprint density at radius 2 is 1.11 bits per heavy atom.